The average molecular weight is 257 g/mol. The van der Waals surface area contributed by atoms with Crippen molar-refractivity contribution < 1.29 is 24.5 Å². The van der Waals surface area contributed by atoms with Gasteiger partial charge in [-0.1, -0.05) is 6.92 Å². The summed E-state index contributed by atoms with van der Waals surface area (Å²) < 4.78 is 5.46. The molecule has 0 bridgehead atoms. The van der Waals surface area contributed by atoms with E-state index >= 15 is 0 Å². The Morgan fingerprint density at radius 2 is 2.17 bits per heavy atom. The summed E-state index contributed by atoms with van der Waals surface area (Å²) in [5.41, 5.74) is 0. The van der Waals surface area contributed by atoms with E-state index in [0.29, 0.717) is 13.0 Å². The van der Waals surface area contributed by atoms with Crippen LogP contribution in [-0.4, -0.2) is 58.4 Å². The molecule has 0 aromatic heterocycles. The molecular weight excluding hydrogens is 238 g/mol. The molecular formula is C12H19NO5. The van der Waals surface area contributed by atoms with Gasteiger partial charge in [-0.25, -0.2) is 4.79 Å². The molecule has 2 saturated heterocycles. The monoisotopic (exact) mass is 257 g/mol. The van der Waals surface area contributed by atoms with Crippen molar-refractivity contribution in [1.29, 1.82) is 0 Å². The quantitative estimate of drug-likeness (QED) is 0.734. The number of aliphatic hydroxyl groups excluding tert-OH is 1. The summed E-state index contributed by atoms with van der Waals surface area (Å²) in [5.74, 6) is -1.50. The summed E-state index contributed by atoms with van der Waals surface area (Å²) in [6, 6.07) is -0.898. The number of hydrogen-bond acceptors (Lipinski definition) is 4. The second kappa shape index (κ2) is 5.24. The van der Waals surface area contributed by atoms with E-state index in [2.05, 4.69) is 0 Å². The van der Waals surface area contributed by atoms with Gasteiger partial charge in [0.2, 0.25) is 5.91 Å². The first-order valence-electron chi connectivity index (χ1n) is 6.37. The molecule has 0 aromatic carbocycles. The molecule has 2 fully saturated rings. The summed E-state index contributed by atoms with van der Waals surface area (Å²) in [6.45, 7) is 2.61. The Kier molecular flexibility index (Phi) is 3.87. The van der Waals surface area contributed by atoms with Crippen molar-refractivity contribution in [3.63, 3.8) is 0 Å². The Hall–Kier alpha value is -1.14. The fourth-order valence-electron chi connectivity index (χ4n) is 2.84. The largest absolute Gasteiger partial charge is 0.480 e. The first-order chi connectivity index (χ1) is 8.54. The van der Waals surface area contributed by atoms with Gasteiger partial charge in [-0.05, 0) is 12.8 Å². The minimum atomic E-state index is -1.05. The van der Waals surface area contributed by atoms with Crippen LogP contribution in [0.15, 0.2) is 0 Å². The van der Waals surface area contributed by atoms with Crippen LogP contribution >= 0.6 is 0 Å². The summed E-state index contributed by atoms with van der Waals surface area (Å²) in [5, 5.41) is 18.6. The average Bonchev–Trinajstić information content (AvgIpc) is 2.93. The fraction of sp³-hybridized carbons (Fsp3) is 0.833. The van der Waals surface area contributed by atoms with E-state index in [0.717, 1.165) is 6.42 Å². The minimum Gasteiger partial charge on any atom is -0.480 e. The van der Waals surface area contributed by atoms with Gasteiger partial charge in [0, 0.05) is 19.6 Å². The molecule has 4 atom stereocenters. The van der Waals surface area contributed by atoms with Crippen LogP contribution in [0, 0.1) is 5.92 Å². The number of nitrogens with zero attached hydrogens (tertiary/aromatic N) is 1. The van der Waals surface area contributed by atoms with Crippen LogP contribution in [0.5, 0.6) is 0 Å². The van der Waals surface area contributed by atoms with E-state index in [1.165, 1.54) is 4.90 Å². The van der Waals surface area contributed by atoms with Gasteiger partial charge in [-0.15, -0.1) is 0 Å². The van der Waals surface area contributed by atoms with E-state index < -0.39 is 18.1 Å². The maximum Gasteiger partial charge on any atom is 0.326 e. The summed E-state index contributed by atoms with van der Waals surface area (Å²) >= 11 is 0. The van der Waals surface area contributed by atoms with Gasteiger partial charge in [0.25, 0.3) is 0 Å². The van der Waals surface area contributed by atoms with Crippen LogP contribution in [0.2, 0.25) is 0 Å². The Morgan fingerprint density at radius 3 is 2.78 bits per heavy atom. The number of carbonyl (C=O) groups excluding carboxylic acids is 1. The van der Waals surface area contributed by atoms with Gasteiger partial charge >= 0.3 is 5.97 Å². The normalized spacial score (nSPS) is 36.0. The topological polar surface area (TPSA) is 87.1 Å². The number of carboxylic acid groups (broad SMARTS) is 1. The van der Waals surface area contributed by atoms with Crippen molar-refractivity contribution in [2.45, 2.75) is 44.4 Å². The molecule has 0 aliphatic carbocycles. The first kappa shape index (κ1) is 13.3. The van der Waals surface area contributed by atoms with Gasteiger partial charge in [-0.2, -0.15) is 0 Å². The van der Waals surface area contributed by atoms with Crippen molar-refractivity contribution in [3.8, 4) is 0 Å². The lowest BCUT2D eigenvalue weighted by Gasteiger charge is -2.26. The van der Waals surface area contributed by atoms with E-state index in [9.17, 15) is 14.7 Å². The van der Waals surface area contributed by atoms with E-state index in [1.807, 2.05) is 6.92 Å². The van der Waals surface area contributed by atoms with Crippen molar-refractivity contribution in [1.82, 2.24) is 4.90 Å². The zero-order valence-corrected chi connectivity index (χ0v) is 10.4. The molecule has 2 aliphatic rings. The molecule has 1 amide bonds. The first-order valence-corrected chi connectivity index (χ1v) is 6.37. The minimum absolute atomic E-state index is 0.114. The highest BCUT2D eigenvalue weighted by Crippen LogP contribution is 2.29. The Labute approximate surface area is 106 Å². The lowest BCUT2D eigenvalue weighted by atomic mass is 9.97. The molecule has 6 nitrogen and oxygen atoms in total. The number of aliphatic hydroxyl groups is 1. The predicted molar refractivity (Wildman–Crippen MR) is 61.9 cm³/mol. The van der Waals surface area contributed by atoms with E-state index in [1.54, 1.807) is 0 Å². The van der Waals surface area contributed by atoms with Gasteiger partial charge < -0.3 is 19.8 Å². The molecule has 102 valence electrons. The summed E-state index contributed by atoms with van der Waals surface area (Å²) in [6.07, 6.45) is 0.633. The van der Waals surface area contributed by atoms with Crippen molar-refractivity contribution in [2.75, 3.05) is 13.2 Å². The molecule has 2 N–H and O–H groups in total. The SMILES string of the molecule is CCC1OCCC1C(=O)N1CC(O)CC1C(=O)O. The lowest BCUT2D eigenvalue weighted by molar-refractivity contribution is -0.150. The second-order valence-electron chi connectivity index (χ2n) is 4.95. The number of hydrogen-bond donors (Lipinski definition) is 2. The highest BCUT2D eigenvalue weighted by Gasteiger charge is 2.44. The van der Waals surface area contributed by atoms with Crippen molar-refractivity contribution >= 4 is 11.9 Å². The van der Waals surface area contributed by atoms with Crippen LogP contribution in [0.1, 0.15) is 26.2 Å². The molecule has 2 rings (SSSR count). The van der Waals surface area contributed by atoms with Gasteiger partial charge in [0.15, 0.2) is 0 Å². The Bertz CT molecular complexity index is 345. The fourth-order valence-corrected chi connectivity index (χ4v) is 2.84. The number of rotatable bonds is 3. The van der Waals surface area contributed by atoms with Gasteiger partial charge in [0.05, 0.1) is 18.1 Å². The molecule has 0 saturated carbocycles. The third kappa shape index (κ3) is 2.35. The molecule has 4 unspecified atom stereocenters. The van der Waals surface area contributed by atoms with Crippen molar-refractivity contribution in [3.05, 3.63) is 0 Å². The highest BCUT2D eigenvalue weighted by molar-refractivity contribution is 5.86. The number of ether oxygens (including phenoxy) is 1. The molecule has 0 aromatic rings. The molecule has 6 heteroatoms. The Balaban J connectivity index is 2.10. The third-order valence-electron chi connectivity index (χ3n) is 3.78. The van der Waals surface area contributed by atoms with Crippen LogP contribution < -0.4 is 0 Å². The molecule has 18 heavy (non-hydrogen) atoms. The molecule has 2 heterocycles. The number of β-amino-alcohol motifs (C(OH)–C–C–N with tert-alkyl or cyclic N) is 1. The van der Waals surface area contributed by atoms with Crippen LogP contribution in [0.4, 0.5) is 0 Å². The van der Waals surface area contributed by atoms with Gasteiger partial charge in [0.1, 0.15) is 6.04 Å². The Morgan fingerprint density at radius 1 is 1.44 bits per heavy atom. The van der Waals surface area contributed by atoms with Crippen LogP contribution in [0.25, 0.3) is 0 Å². The number of carboxylic acids is 1. The zero-order valence-electron chi connectivity index (χ0n) is 10.4. The molecule has 0 spiro atoms. The smallest absolute Gasteiger partial charge is 0.326 e. The third-order valence-corrected chi connectivity index (χ3v) is 3.78. The summed E-state index contributed by atoms with van der Waals surface area (Å²) in [4.78, 5) is 24.7. The zero-order chi connectivity index (χ0) is 13.3. The highest BCUT2D eigenvalue weighted by atomic mass is 16.5. The maximum absolute atomic E-state index is 12.3. The standard InChI is InChI=1S/C12H19NO5/c1-2-10-8(3-4-18-10)11(15)13-6-7(14)5-9(13)12(16)17/h7-10,14H,2-6H2,1H3,(H,16,17). The van der Waals surface area contributed by atoms with E-state index in [4.69, 9.17) is 9.84 Å². The van der Waals surface area contributed by atoms with Crippen molar-refractivity contribution in [2.24, 2.45) is 5.92 Å². The number of carbonyl (C=O) groups is 2. The van der Waals surface area contributed by atoms with Gasteiger partial charge in [-0.3, -0.25) is 4.79 Å². The predicted octanol–water partition coefficient (Wildman–Crippen LogP) is -0.152. The van der Waals surface area contributed by atoms with E-state index in [-0.39, 0.29) is 30.9 Å². The number of likely N-dealkylation sites (tertiary alicyclic amines) is 1. The van der Waals surface area contributed by atoms with Crippen LogP contribution in [-0.2, 0) is 14.3 Å². The number of amides is 1. The molecule has 0 radical (unpaired) electrons. The lowest BCUT2D eigenvalue weighted by Crippen LogP contribution is -2.45. The maximum atomic E-state index is 12.3. The number of aliphatic carboxylic acids is 1. The second-order valence-corrected chi connectivity index (χ2v) is 4.95. The molecule has 2 aliphatic heterocycles. The van der Waals surface area contributed by atoms with Crippen LogP contribution in [0.3, 0.4) is 0 Å². The summed E-state index contributed by atoms with van der Waals surface area (Å²) in [7, 11) is 0.